The van der Waals surface area contributed by atoms with Crippen LogP contribution in [0.2, 0.25) is 0 Å². The number of nitrogens with one attached hydrogen (secondary N) is 1. The van der Waals surface area contributed by atoms with E-state index >= 15 is 0 Å². The zero-order valence-corrected chi connectivity index (χ0v) is 12.4. The third-order valence-corrected chi connectivity index (χ3v) is 2.45. The third-order valence-electron chi connectivity index (χ3n) is 2.45. The van der Waals surface area contributed by atoms with Gasteiger partial charge >= 0.3 is 0 Å². The van der Waals surface area contributed by atoms with Gasteiger partial charge in [-0.3, -0.25) is 4.79 Å². The number of nitrogens with zero attached hydrogens (tertiary/aromatic N) is 4. The van der Waals surface area contributed by atoms with Gasteiger partial charge in [0.1, 0.15) is 17.8 Å². The van der Waals surface area contributed by atoms with Crippen molar-refractivity contribution in [3.63, 3.8) is 0 Å². The summed E-state index contributed by atoms with van der Waals surface area (Å²) in [6.07, 6.45) is 1.63. The van der Waals surface area contributed by atoms with E-state index in [0.29, 0.717) is 18.2 Å². The summed E-state index contributed by atoms with van der Waals surface area (Å²) in [7, 11) is 0. The van der Waals surface area contributed by atoms with Crippen molar-refractivity contribution in [1.29, 1.82) is 0 Å². The van der Waals surface area contributed by atoms with Gasteiger partial charge in [0.05, 0.1) is 6.54 Å². The second kappa shape index (κ2) is 8.34. The van der Waals surface area contributed by atoms with Crippen LogP contribution in [0, 0.1) is 0 Å². The van der Waals surface area contributed by atoms with Crippen molar-refractivity contribution in [2.24, 2.45) is 0 Å². The van der Waals surface area contributed by atoms with Crippen molar-refractivity contribution in [3.8, 4) is 0 Å². The number of rotatable bonds is 4. The van der Waals surface area contributed by atoms with Crippen LogP contribution < -0.4 is 11.1 Å². The van der Waals surface area contributed by atoms with Crippen molar-refractivity contribution in [2.75, 3.05) is 5.73 Å². The largest absolute Gasteiger partial charge is 0.384 e. The number of carbonyl (C=O) groups is 1. The van der Waals surface area contributed by atoms with Gasteiger partial charge in [-0.25, -0.2) is 4.98 Å². The van der Waals surface area contributed by atoms with E-state index in [0.717, 1.165) is 6.54 Å². The Kier molecular flexibility index (Phi) is 7.56. The summed E-state index contributed by atoms with van der Waals surface area (Å²) in [5, 5.41) is 10.4. The number of hydrogen-bond donors (Lipinski definition) is 2. The number of aryl methyl sites for hydroxylation is 1. The molecule has 0 atom stereocenters. The fourth-order valence-electron chi connectivity index (χ4n) is 1.51. The number of amides is 1. The Bertz CT molecular complexity index is 559. The molecule has 20 heavy (non-hydrogen) atoms. The lowest BCUT2D eigenvalue weighted by Gasteiger charge is -2.05. The van der Waals surface area contributed by atoms with Crippen LogP contribution in [0.3, 0.4) is 0 Å². The summed E-state index contributed by atoms with van der Waals surface area (Å²) in [5.41, 5.74) is 5.80. The van der Waals surface area contributed by atoms with Gasteiger partial charge in [-0.15, -0.1) is 35.0 Å². The van der Waals surface area contributed by atoms with Crippen molar-refractivity contribution < 1.29 is 4.79 Å². The topological polar surface area (TPSA) is 98.7 Å². The molecular formula is C11H16Cl2N6O. The molecule has 110 valence electrons. The first-order valence-electron chi connectivity index (χ1n) is 5.58. The first-order valence-corrected chi connectivity index (χ1v) is 5.58. The van der Waals surface area contributed by atoms with Crippen molar-refractivity contribution in [3.05, 3.63) is 36.0 Å². The molecule has 0 radical (unpaired) electrons. The molecule has 2 aromatic heterocycles. The Labute approximate surface area is 128 Å². The maximum atomic E-state index is 11.8. The lowest BCUT2D eigenvalue weighted by atomic mass is 10.3. The molecule has 0 fully saturated rings. The van der Waals surface area contributed by atoms with Crippen molar-refractivity contribution >= 4 is 36.5 Å². The zero-order chi connectivity index (χ0) is 13.0. The first kappa shape index (κ1) is 18.1. The average molecular weight is 319 g/mol. The van der Waals surface area contributed by atoms with Gasteiger partial charge in [0.25, 0.3) is 5.91 Å². The summed E-state index contributed by atoms with van der Waals surface area (Å²) in [6.45, 7) is 3.05. The molecule has 2 heterocycles. The van der Waals surface area contributed by atoms with Gasteiger partial charge in [0, 0.05) is 6.54 Å². The maximum Gasteiger partial charge on any atom is 0.270 e. The summed E-state index contributed by atoms with van der Waals surface area (Å²) in [5.74, 6) is 0.738. The van der Waals surface area contributed by atoms with Gasteiger partial charge < -0.3 is 15.6 Å². The Morgan fingerprint density at radius 2 is 2.15 bits per heavy atom. The highest BCUT2D eigenvalue weighted by molar-refractivity contribution is 5.92. The van der Waals surface area contributed by atoms with Crippen LogP contribution >= 0.6 is 24.8 Å². The predicted octanol–water partition coefficient (Wildman–Crippen LogP) is 1.05. The molecule has 0 unspecified atom stereocenters. The van der Waals surface area contributed by atoms with Crippen LogP contribution in [0.1, 0.15) is 23.2 Å². The molecule has 0 aliphatic carbocycles. The van der Waals surface area contributed by atoms with E-state index in [4.69, 9.17) is 5.73 Å². The SMILES string of the molecule is CCn1cnnc1CNC(=O)c1cccc(N)n1.Cl.Cl. The Morgan fingerprint density at radius 3 is 2.80 bits per heavy atom. The van der Waals surface area contributed by atoms with Gasteiger partial charge in [0.15, 0.2) is 5.82 Å². The van der Waals surface area contributed by atoms with Gasteiger partial charge in [-0.2, -0.15) is 0 Å². The molecule has 0 aliphatic heterocycles. The maximum absolute atomic E-state index is 11.8. The molecule has 3 N–H and O–H groups in total. The number of pyridine rings is 1. The first-order chi connectivity index (χ1) is 8.70. The van der Waals surface area contributed by atoms with Crippen LogP contribution in [0.4, 0.5) is 5.82 Å². The average Bonchev–Trinajstić information content (AvgIpc) is 2.83. The number of hydrogen-bond acceptors (Lipinski definition) is 5. The molecule has 0 aliphatic rings. The highest BCUT2D eigenvalue weighted by Gasteiger charge is 2.09. The normalized spacial score (nSPS) is 9.25. The van der Waals surface area contributed by atoms with Crippen LogP contribution in [0.5, 0.6) is 0 Å². The monoisotopic (exact) mass is 318 g/mol. The van der Waals surface area contributed by atoms with Crippen LogP contribution in [0.25, 0.3) is 0 Å². The number of nitrogens with two attached hydrogens (primary N) is 1. The Hall–Kier alpha value is -1.86. The molecule has 2 rings (SSSR count). The summed E-state index contributed by atoms with van der Waals surface area (Å²) >= 11 is 0. The third kappa shape index (κ3) is 4.36. The second-order valence-electron chi connectivity index (χ2n) is 3.66. The summed E-state index contributed by atoms with van der Waals surface area (Å²) in [6, 6.07) is 4.92. The molecule has 0 bridgehead atoms. The highest BCUT2D eigenvalue weighted by Crippen LogP contribution is 2.01. The minimum atomic E-state index is -0.284. The lowest BCUT2D eigenvalue weighted by molar-refractivity contribution is 0.0944. The van der Waals surface area contributed by atoms with E-state index in [-0.39, 0.29) is 36.4 Å². The summed E-state index contributed by atoms with van der Waals surface area (Å²) in [4.78, 5) is 15.7. The quantitative estimate of drug-likeness (QED) is 0.877. The van der Waals surface area contributed by atoms with Crippen LogP contribution in [0.15, 0.2) is 24.5 Å². The Balaban J connectivity index is 0.00000180. The van der Waals surface area contributed by atoms with Crippen LogP contribution in [-0.2, 0) is 13.1 Å². The number of carbonyl (C=O) groups excluding carboxylic acids is 1. The zero-order valence-electron chi connectivity index (χ0n) is 10.8. The number of aromatic nitrogens is 4. The molecule has 2 aromatic rings. The van der Waals surface area contributed by atoms with E-state index in [9.17, 15) is 4.79 Å². The van der Waals surface area contributed by atoms with E-state index in [1.165, 1.54) is 0 Å². The van der Waals surface area contributed by atoms with Crippen molar-refractivity contribution in [1.82, 2.24) is 25.1 Å². The van der Waals surface area contributed by atoms with Crippen molar-refractivity contribution in [2.45, 2.75) is 20.0 Å². The van der Waals surface area contributed by atoms with Crippen LogP contribution in [-0.4, -0.2) is 25.7 Å². The minimum absolute atomic E-state index is 0. The molecule has 0 saturated carbocycles. The molecular weight excluding hydrogens is 303 g/mol. The molecule has 1 amide bonds. The predicted molar refractivity (Wildman–Crippen MR) is 80.0 cm³/mol. The summed E-state index contributed by atoms with van der Waals surface area (Å²) < 4.78 is 1.85. The van der Waals surface area contributed by atoms with Gasteiger partial charge in [0.2, 0.25) is 0 Å². The Morgan fingerprint density at radius 1 is 1.40 bits per heavy atom. The fraction of sp³-hybridized carbons (Fsp3) is 0.273. The number of halogens is 2. The standard InChI is InChI=1S/C11H14N6O.2ClH/c1-2-17-7-14-16-10(17)6-13-11(18)8-4-3-5-9(12)15-8;;/h3-5,7H,2,6H2,1H3,(H2,12,15)(H,13,18);2*1H. The van der Waals surface area contributed by atoms with Gasteiger partial charge in [-0.1, -0.05) is 6.07 Å². The second-order valence-corrected chi connectivity index (χ2v) is 3.66. The van der Waals surface area contributed by atoms with E-state index in [1.54, 1.807) is 24.5 Å². The molecule has 0 saturated heterocycles. The lowest BCUT2D eigenvalue weighted by Crippen LogP contribution is -2.25. The molecule has 0 spiro atoms. The fourth-order valence-corrected chi connectivity index (χ4v) is 1.51. The molecule has 0 aromatic carbocycles. The molecule has 7 nitrogen and oxygen atoms in total. The number of anilines is 1. The number of nitrogen functional groups attached to an aromatic ring is 1. The highest BCUT2D eigenvalue weighted by atomic mass is 35.5. The van der Waals surface area contributed by atoms with E-state index in [1.807, 2.05) is 11.5 Å². The van der Waals surface area contributed by atoms with Gasteiger partial charge in [-0.05, 0) is 19.1 Å². The van der Waals surface area contributed by atoms with E-state index < -0.39 is 0 Å². The minimum Gasteiger partial charge on any atom is -0.384 e. The molecule has 9 heteroatoms. The smallest absolute Gasteiger partial charge is 0.270 e. The van der Waals surface area contributed by atoms with E-state index in [2.05, 4.69) is 20.5 Å².